The molecule has 1 aliphatic rings. The number of hydrogen-bond donors (Lipinski definition) is 4. The van der Waals surface area contributed by atoms with Gasteiger partial charge in [0.2, 0.25) is 0 Å². The van der Waals surface area contributed by atoms with Crippen molar-refractivity contribution >= 4 is 23.0 Å². The van der Waals surface area contributed by atoms with Gasteiger partial charge in [-0.1, -0.05) is 26.0 Å². The lowest BCUT2D eigenvalue weighted by molar-refractivity contribution is -0.0706. The molecule has 1 saturated heterocycles. The number of anilines is 3. The number of nitrogens with one attached hydrogen (secondary N) is 2. The number of aliphatic hydroxyl groups is 1. The summed E-state index contributed by atoms with van der Waals surface area (Å²) in [6.07, 6.45) is 0. The van der Waals surface area contributed by atoms with Crippen molar-refractivity contribution in [2.45, 2.75) is 26.4 Å². The van der Waals surface area contributed by atoms with Crippen LogP contribution in [0.25, 0.3) is 0 Å². The third-order valence-corrected chi connectivity index (χ3v) is 5.43. The summed E-state index contributed by atoms with van der Waals surface area (Å²) in [5.74, 6) is -3.72. The Morgan fingerprint density at radius 3 is 2.40 bits per heavy atom. The number of likely N-dealkylation sites (tertiary alicyclic amines) is 1. The second kappa shape index (κ2) is 10.7. The van der Waals surface area contributed by atoms with E-state index in [9.17, 15) is 28.2 Å². The minimum absolute atomic E-state index is 0.0466. The molecule has 0 unspecified atom stereocenters. The van der Waals surface area contributed by atoms with Crippen molar-refractivity contribution in [3.63, 3.8) is 0 Å². The van der Waals surface area contributed by atoms with E-state index in [2.05, 4.69) is 10.6 Å². The van der Waals surface area contributed by atoms with E-state index >= 15 is 0 Å². The number of carbonyl (C=O) groups is 1. The van der Waals surface area contributed by atoms with Crippen LogP contribution in [0.1, 0.15) is 29.8 Å². The van der Waals surface area contributed by atoms with E-state index in [1.165, 1.54) is 29.2 Å². The highest BCUT2D eigenvalue weighted by Crippen LogP contribution is 2.32. The molecule has 0 atom stereocenters. The monoisotopic (exact) mass is 487 g/mol. The van der Waals surface area contributed by atoms with Crippen LogP contribution in [0.3, 0.4) is 0 Å². The SMILES string of the molecule is CC.Cc1ccc(Nc2c(C(=O)N3CC(O)(CNc4cccc(O)c4)C3)ccc(F)c2F)c(F)c1. The Kier molecular flexibility index (Phi) is 7.91. The summed E-state index contributed by atoms with van der Waals surface area (Å²) in [7, 11) is 0. The number of aryl methyl sites for hydroxylation is 1. The highest BCUT2D eigenvalue weighted by molar-refractivity contribution is 6.01. The number of β-amino-alcohol motifs (C(OH)–C–C–N with tert-alkyl or cyclic N) is 1. The lowest BCUT2D eigenvalue weighted by atomic mass is 9.92. The molecule has 0 saturated carbocycles. The highest BCUT2D eigenvalue weighted by Gasteiger charge is 2.44. The number of phenols is 1. The lowest BCUT2D eigenvalue weighted by Gasteiger charge is -2.46. The molecule has 1 aliphatic heterocycles. The van der Waals surface area contributed by atoms with E-state index < -0.39 is 34.6 Å². The molecular formula is C26H28F3N3O3. The fourth-order valence-corrected chi connectivity index (χ4v) is 3.68. The van der Waals surface area contributed by atoms with Crippen molar-refractivity contribution in [2.75, 3.05) is 30.3 Å². The van der Waals surface area contributed by atoms with Crippen LogP contribution in [0.5, 0.6) is 5.75 Å². The van der Waals surface area contributed by atoms with Crippen LogP contribution in [0.15, 0.2) is 54.6 Å². The van der Waals surface area contributed by atoms with Gasteiger partial charge in [0.15, 0.2) is 11.6 Å². The highest BCUT2D eigenvalue weighted by atomic mass is 19.2. The van der Waals surface area contributed by atoms with Gasteiger partial charge < -0.3 is 25.7 Å². The van der Waals surface area contributed by atoms with Gasteiger partial charge in [-0.25, -0.2) is 13.2 Å². The first-order valence-corrected chi connectivity index (χ1v) is 11.2. The van der Waals surface area contributed by atoms with Crippen molar-refractivity contribution in [3.05, 3.63) is 83.2 Å². The number of nitrogens with zero attached hydrogens (tertiary/aromatic N) is 1. The molecule has 1 amide bonds. The predicted molar refractivity (Wildman–Crippen MR) is 130 cm³/mol. The number of amides is 1. The molecule has 3 aromatic rings. The second-order valence-corrected chi connectivity index (χ2v) is 8.18. The van der Waals surface area contributed by atoms with Crippen molar-refractivity contribution in [3.8, 4) is 5.75 Å². The molecule has 186 valence electrons. The molecule has 1 heterocycles. The van der Waals surface area contributed by atoms with Gasteiger partial charge >= 0.3 is 0 Å². The fourth-order valence-electron chi connectivity index (χ4n) is 3.68. The predicted octanol–water partition coefficient (Wildman–Crippen LogP) is 5.19. The smallest absolute Gasteiger partial charge is 0.256 e. The molecule has 0 bridgehead atoms. The summed E-state index contributed by atoms with van der Waals surface area (Å²) in [6.45, 7) is 5.70. The van der Waals surface area contributed by atoms with E-state index in [1.807, 2.05) is 13.8 Å². The van der Waals surface area contributed by atoms with Crippen LogP contribution in [0.2, 0.25) is 0 Å². The molecule has 1 fully saturated rings. The third kappa shape index (κ3) is 5.86. The zero-order valence-corrected chi connectivity index (χ0v) is 19.7. The molecule has 6 nitrogen and oxygen atoms in total. The van der Waals surface area contributed by atoms with Gasteiger partial charge in [0, 0.05) is 18.3 Å². The van der Waals surface area contributed by atoms with Gasteiger partial charge in [-0.05, 0) is 48.9 Å². The first kappa shape index (κ1) is 25.9. The van der Waals surface area contributed by atoms with Crippen molar-refractivity contribution in [2.24, 2.45) is 0 Å². The molecule has 4 rings (SSSR count). The Morgan fingerprint density at radius 2 is 1.74 bits per heavy atom. The molecule has 3 aromatic carbocycles. The Labute approximate surface area is 202 Å². The van der Waals surface area contributed by atoms with Crippen LogP contribution in [-0.2, 0) is 0 Å². The standard InChI is InChI=1S/C24H22F3N3O3.C2H6/c1-14-5-8-20(19(26)9-14)29-22-17(6-7-18(25)21(22)27)23(32)30-12-24(33,13-30)11-28-15-3-2-4-16(31)10-15;1-2/h2-10,28-29,31,33H,11-13H2,1H3;1-2H3. The van der Waals surface area contributed by atoms with Gasteiger partial charge in [0.05, 0.1) is 30.0 Å². The van der Waals surface area contributed by atoms with Crippen LogP contribution in [-0.4, -0.2) is 46.3 Å². The maximum atomic E-state index is 14.6. The van der Waals surface area contributed by atoms with Crippen LogP contribution in [0, 0.1) is 24.4 Å². The average molecular weight is 488 g/mol. The van der Waals surface area contributed by atoms with Crippen molar-refractivity contribution in [1.82, 2.24) is 4.90 Å². The number of hydrogen-bond acceptors (Lipinski definition) is 5. The molecule has 0 aliphatic carbocycles. The molecule has 0 radical (unpaired) electrons. The summed E-state index contributed by atoms with van der Waals surface area (Å²) < 4.78 is 42.7. The maximum absolute atomic E-state index is 14.6. The summed E-state index contributed by atoms with van der Waals surface area (Å²) in [5, 5.41) is 25.7. The van der Waals surface area contributed by atoms with Crippen molar-refractivity contribution in [1.29, 1.82) is 0 Å². The third-order valence-electron chi connectivity index (χ3n) is 5.43. The lowest BCUT2D eigenvalue weighted by Crippen LogP contribution is -2.66. The van der Waals surface area contributed by atoms with Crippen LogP contribution in [0.4, 0.5) is 30.2 Å². The zero-order chi connectivity index (χ0) is 25.8. The normalized spacial score (nSPS) is 13.9. The maximum Gasteiger partial charge on any atom is 0.256 e. The van der Waals surface area contributed by atoms with Gasteiger partial charge in [0.1, 0.15) is 17.2 Å². The number of phenolic OH excluding ortho intramolecular Hbond substituents is 1. The van der Waals surface area contributed by atoms with Gasteiger partial charge in [-0.3, -0.25) is 4.79 Å². The van der Waals surface area contributed by atoms with Gasteiger partial charge in [-0.15, -0.1) is 0 Å². The Bertz CT molecular complexity index is 1210. The van der Waals surface area contributed by atoms with Crippen molar-refractivity contribution < 1.29 is 28.2 Å². The van der Waals surface area contributed by atoms with Crippen LogP contribution < -0.4 is 10.6 Å². The first-order chi connectivity index (χ1) is 16.6. The minimum atomic E-state index is -1.30. The summed E-state index contributed by atoms with van der Waals surface area (Å²) in [6, 6.07) is 12.5. The Balaban J connectivity index is 0.00000167. The molecule has 0 aromatic heterocycles. The van der Waals surface area contributed by atoms with Gasteiger partial charge in [0.25, 0.3) is 5.91 Å². The molecule has 4 N–H and O–H groups in total. The van der Waals surface area contributed by atoms with Crippen LogP contribution >= 0.6 is 0 Å². The number of benzene rings is 3. The average Bonchev–Trinajstić information content (AvgIpc) is 2.81. The number of aromatic hydroxyl groups is 1. The molecule has 9 heteroatoms. The fraction of sp³-hybridized carbons (Fsp3) is 0.269. The molecule has 0 spiro atoms. The topological polar surface area (TPSA) is 84.8 Å². The van der Waals surface area contributed by atoms with Gasteiger partial charge in [-0.2, -0.15) is 0 Å². The summed E-state index contributed by atoms with van der Waals surface area (Å²) in [4.78, 5) is 14.3. The van der Waals surface area contributed by atoms with E-state index in [0.29, 0.717) is 11.3 Å². The zero-order valence-electron chi connectivity index (χ0n) is 19.7. The number of carbonyl (C=O) groups excluding carboxylic acids is 1. The Hall–Kier alpha value is -3.72. The van der Waals surface area contributed by atoms with E-state index in [1.54, 1.807) is 25.1 Å². The quantitative estimate of drug-likeness (QED) is 0.385. The minimum Gasteiger partial charge on any atom is -0.508 e. The van der Waals surface area contributed by atoms with E-state index in [0.717, 1.165) is 12.1 Å². The second-order valence-electron chi connectivity index (χ2n) is 8.18. The van der Waals surface area contributed by atoms with E-state index in [4.69, 9.17) is 0 Å². The number of rotatable bonds is 6. The Morgan fingerprint density at radius 1 is 1.03 bits per heavy atom. The first-order valence-electron chi connectivity index (χ1n) is 11.2. The molecule has 35 heavy (non-hydrogen) atoms. The largest absolute Gasteiger partial charge is 0.508 e. The number of halogens is 3. The van der Waals surface area contributed by atoms with E-state index in [-0.39, 0.29) is 36.6 Å². The summed E-state index contributed by atoms with van der Waals surface area (Å²) >= 11 is 0. The molecular weight excluding hydrogens is 459 g/mol. The summed E-state index contributed by atoms with van der Waals surface area (Å²) in [5.41, 5.74) is -0.757.